The Morgan fingerprint density at radius 2 is 1.60 bits per heavy atom. The molecule has 2 aliphatic carbocycles. The van der Waals surface area contributed by atoms with Crippen LogP contribution in [0.15, 0.2) is 60.0 Å². The number of hydrogen-bond donors (Lipinski definition) is 3. The van der Waals surface area contributed by atoms with Gasteiger partial charge in [-0.1, -0.05) is 12.1 Å². The molecule has 9 nitrogen and oxygen atoms in total. The van der Waals surface area contributed by atoms with E-state index in [9.17, 15) is 21.6 Å². The number of nitrogens with zero attached hydrogens (tertiary/aromatic N) is 1. The van der Waals surface area contributed by atoms with Crippen LogP contribution in [0, 0.1) is 5.41 Å². The molecule has 216 valence electrons. The summed E-state index contributed by atoms with van der Waals surface area (Å²) in [6.45, 7) is 10.5. The molecule has 3 fully saturated rings. The van der Waals surface area contributed by atoms with Gasteiger partial charge in [0.15, 0.2) is 0 Å². The van der Waals surface area contributed by atoms with Gasteiger partial charge in [0.05, 0.1) is 21.8 Å². The van der Waals surface area contributed by atoms with Gasteiger partial charge in [-0.3, -0.25) is 9.52 Å². The van der Waals surface area contributed by atoms with Crippen molar-refractivity contribution in [3.05, 3.63) is 60.7 Å². The van der Waals surface area contributed by atoms with Crippen LogP contribution in [-0.2, 0) is 20.0 Å². The molecule has 11 heteroatoms. The molecule has 5 rings (SSSR count). The van der Waals surface area contributed by atoms with Crippen LogP contribution in [-0.4, -0.2) is 46.1 Å². The largest absolute Gasteiger partial charge is 0.371 e. The first-order valence-electron chi connectivity index (χ1n) is 13.7. The normalized spacial score (nSPS) is 19.6. The first-order valence-corrected chi connectivity index (χ1v) is 16.6. The maximum atomic E-state index is 13.6. The molecule has 0 bridgehead atoms. The highest BCUT2D eigenvalue weighted by Crippen LogP contribution is 2.54. The minimum atomic E-state index is -3.79. The van der Waals surface area contributed by atoms with Crippen LogP contribution >= 0.6 is 0 Å². The van der Waals surface area contributed by atoms with Crippen molar-refractivity contribution < 1.29 is 21.6 Å². The van der Waals surface area contributed by atoms with Crippen molar-refractivity contribution >= 4 is 43.0 Å². The number of nitrogens with one attached hydrogen (secondary N) is 3. The molecule has 0 radical (unpaired) electrons. The van der Waals surface area contributed by atoms with Gasteiger partial charge in [0.2, 0.25) is 20.0 Å². The van der Waals surface area contributed by atoms with Gasteiger partial charge in [-0.2, -0.15) is 0 Å². The summed E-state index contributed by atoms with van der Waals surface area (Å²) in [5.74, 6) is -0.404. The van der Waals surface area contributed by atoms with Gasteiger partial charge in [-0.25, -0.2) is 21.6 Å². The molecule has 0 atom stereocenters. The Hall–Kier alpha value is -2.89. The van der Waals surface area contributed by atoms with Crippen molar-refractivity contribution in [2.45, 2.75) is 74.5 Å². The number of rotatable bonds is 9. The Balaban J connectivity index is 1.42. The number of carbonyl (C=O) groups is 1. The van der Waals surface area contributed by atoms with E-state index in [4.69, 9.17) is 0 Å². The molecule has 2 aromatic rings. The summed E-state index contributed by atoms with van der Waals surface area (Å²) in [5.41, 5.74) is 1.54. The van der Waals surface area contributed by atoms with Crippen molar-refractivity contribution in [3.8, 4) is 0 Å². The zero-order valence-corrected chi connectivity index (χ0v) is 24.9. The third-order valence-corrected chi connectivity index (χ3v) is 12.0. The van der Waals surface area contributed by atoms with Crippen molar-refractivity contribution in [2.75, 3.05) is 28.0 Å². The molecule has 2 saturated carbocycles. The van der Waals surface area contributed by atoms with Gasteiger partial charge in [0.1, 0.15) is 4.75 Å². The van der Waals surface area contributed by atoms with Crippen LogP contribution < -0.4 is 19.7 Å². The van der Waals surface area contributed by atoms with Crippen molar-refractivity contribution in [1.82, 2.24) is 4.72 Å². The average Bonchev–Trinajstić information content (AvgIpc) is 3.80. The van der Waals surface area contributed by atoms with E-state index < -0.39 is 36.2 Å². The minimum Gasteiger partial charge on any atom is -0.371 e. The lowest BCUT2D eigenvalue weighted by Crippen LogP contribution is -2.40. The van der Waals surface area contributed by atoms with Crippen LogP contribution in [0.1, 0.15) is 69.7 Å². The molecule has 0 aromatic heterocycles. The lowest BCUT2D eigenvalue weighted by molar-refractivity contribution is 0.102. The van der Waals surface area contributed by atoms with Crippen LogP contribution in [0.4, 0.5) is 17.1 Å². The van der Waals surface area contributed by atoms with E-state index in [0.29, 0.717) is 40.9 Å². The van der Waals surface area contributed by atoms with Crippen molar-refractivity contribution in [1.29, 1.82) is 0 Å². The maximum Gasteiger partial charge on any atom is 0.257 e. The number of anilines is 3. The molecule has 0 unspecified atom stereocenters. The highest BCUT2D eigenvalue weighted by molar-refractivity contribution is 7.94. The number of carbonyl (C=O) groups excluding carboxylic acids is 1. The second-order valence-corrected chi connectivity index (χ2v) is 16.1. The van der Waals surface area contributed by atoms with Crippen molar-refractivity contribution in [3.63, 3.8) is 0 Å². The third kappa shape index (κ3) is 5.91. The van der Waals surface area contributed by atoms with E-state index in [-0.39, 0.29) is 4.90 Å². The lowest BCUT2D eigenvalue weighted by atomic mass is 9.93. The van der Waals surface area contributed by atoms with Crippen molar-refractivity contribution in [2.24, 2.45) is 5.41 Å². The topological polar surface area (TPSA) is 125 Å². The fourth-order valence-corrected chi connectivity index (χ4v) is 8.27. The third-order valence-electron chi connectivity index (χ3n) is 8.11. The first-order chi connectivity index (χ1) is 18.7. The zero-order valence-electron chi connectivity index (χ0n) is 23.3. The molecule has 3 aliphatic rings. The quantitative estimate of drug-likeness (QED) is 0.361. The summed E-state index contributed by atoms with van der Waals surface area (Å²) in [6.07, 6.45) is 7.10. The molecular weight excluding hydrogens is 548 g/mol. The summed E-state index contributed by atoms with van der Waals surface area (Å²) in [7, 11) is -7.46. The van der Waals surface area contributed by atoms with Gasteiger partial charge < -0.3 is 10.2 Å². The Kier molecular flexibility index (Phi) is 7.07. The monoisotopic (exact) mass is 586 g/mol. The second-order valence-electron chi connectivity index (χ2n) is 12.4. The zero-order chi connectivity index (χ0) is 29.0. The summed E-state index contributed by atoms with van der Waals surface area (Å²) in [4.78, 5) is 15.8. The second kappa shape index (κ2) is 9.88. The van der Waals surface area contributed by atoms with E-state index in [1.807, 2.05) is 0 Å². The summed E-state index contributed by atoms with van der Waals surface area (Å²) < 4.78 is 56.1. The highest BCUT2D eigenvalue weighted by atomic mass is 32.2. The molecule has 1 spiro atoms. The molecule has 1 amide bonds. The van der Waals surface area contributed by atoms with E-state index in [0.717, 1.165) is 25.9 Å². The minimum absolute atomic E-state index is 0.0483. The maximum absolute atomic E-state index is 13.6. The number of hydrogen-bond acceptors (Lipinski definition) is 6. The first kappa shape index (κ1) is 28.6. The lowest BCUT2D eigenvalue weighted by Gasteiger charge is -2.35. The van der Waals surface area contributed by atoms with Crippen LogP contribution in [0.3, 0.4) is 0 Å². The average molecular weight is 587 g/mol. The molecule has 1 saturated heterocycles. The van der Waals surface area contributed by atoms with Gasteiger partial charge in [-0.05, 0) is 101 Å². The summed E-state index contributed by atoms with van der Waals surface area (Å²) in [5, 5.41) is 2.84. The SMILES string of the molecule is C=CC1(S(=O)(=O)Nc2ccc(C(=O)Nc3cccc(S(=O)(=O)NC(C)(C)C)c3)c(N3CCC4(CC3)CC4)c2)CC1. The van der Waals surface area contributed by atoms with Gasteiger partial charge in [-0.15, -0.1) is 6.58 Å². The standard InChI is InChI=1S/C29H38N4O5S2/c1-5-29(13-14-29)40(37,38)31-22-9-10-24(25(20-22)33-17-15-28(11-12-28)16-18-33)26(34)30-21-7-6-8-23(19-21)39(35,36)32-27(2,3)4/h5-10,19-20,31-32H,1,11-18H2,2-4H3,(H,30,34). The Morgan fingerprint density at radius 1 is 0.925 bits per heavy atom. The smallest absolute Gasteiger partial charge is 0.257 e. The Morgan fingerprint density at radius 3 is 2.17 bits per heavy atom. The van der Waals surface area contributed by atoms with Crippen LogP contribution in [0.5, 0.6) is 0 Å². The fraction of sp³-hybridized carbons (Fsp3) is 0.483. The number of amides is 1. The van der Waals surface area contributed by atoms with E-state index in [1.165, 1.54) is 31.1 Å². The van der Waals surface area contributed by atoms with Crippen LogP contribution in [0.25, 0.3) is 0 Å². The number of sulfonamides is 2. The van der Waals surface area contributed by atoms with Gasteiger partial charge in [0, 0.05) is 24.3 Å². The number of benzene rings is 2. The molecule has 3 N–H and O–H groups in total. The summed E-state index contributed by atoms with van der Waals surface area (Å²) in [6, 6.07) is 11.1. The van der Waals surface area contributed by atoms with Crippen LogP contribution in [0.2, 0.25) is 0 Å². The van der Waals surface area contributed by atoms with E-state index in [1.54, 1.807) is 51.1 Å². The highest BCUT2D eigenvalue weighted by Gasteiger charge is 2.52. The van der Waals surface area contributed by atoms with E-state index >= 15 is 0 Å². The predicted octanol–water partition coefficient (Wildman–Crippen LogP) is 4.86. The molecule has 1 aliphatic heterocycles. The van der Waals surface area contributed by atoms with Gasteiger partial charge in [0.25, 0.3) is 5.91 Å². The number of piperidine rings is 1. The molecule has 2 aromatic carbocycles. The Labute approximate surface area is 237 Å². The predicted molar refractivity (Wildman–Crippen MR) is 159 cm³/mol. The summed E-state index contributed by atoms with van der Waals surface area (Å²) >= 11 is 0. The molecule has 1 heterocycles. The molecular formula is C29H38N4O5S2. The van der Waals surface area contributed by atoms with E-state index in [2.05, 4.69) is 26.2 Å². The fourth-order valence-electron chi connectivity index (χ4n) is 5.31. The molecule has 40 heavy (non-hydrogen) atoms. The Bertz CT molecular complexity index is 1540. The van der Waals surface area contributed by atoms with Gasteiger partial charge >= 0.3 is 0 Å².